The molecule has 0 bridgehead atoms. The van der Waals surface area contributed by atoms with E-state index in [0.29, 0.717) is 5.92 Å². The molecule has 6 aromatic rings. The summed E-state index contributed by atoms with van der Waals surface area (Å²) in [7, 11) is 0. The van der Waals surface area contributed by atoms with Crippen molar-refractivity contribution < 1.29 is 0 Å². The molecule has 1 unspecified atom stereocenters. The maximum absolute atomic E-state index is 4.02. The van der Waals surface area contributed by atoms with Gasteiger partial charge in [-0.15, -0.1) is 6.58 Å². The van der Waals surface area contributed by atoms with Gasteiger partial charge in [-0.3, -0.25) is 0 Å². The summed E-state index contributed by atoms with van der Waals surface area (Å²) < 4.78 is 4.83. The van der Waals surface area contributed by atoms with Gasteiger partial charge in [0.2, 0.25) is 0 Å². The smallest absolute Gasteiger partial charge is 0.0537 e. The van der Waals surface area contributed by atoms with E-state index in [2.05, 4.69) is 148 Å². The van der Waals surface area contributed by atoms with E-state index in [1.807, 2.05) is 18.2 Å². The Hall–Kier alpha value is -4.82. The normalized spacial score (nSPS) is 12.4. The molecule has 0 aliphatic carbocycles. The summed E-state index contributed by atoms with van der Waals surface area (Å²) in [5.41, 5.74) is 15.1. The first kappa shape index (κ1) is 28.3. The summed E-state index contributed by atoms with van der Waals surface area (Å²) in [4.78, 5) is 0. The number of allylic oxidation sites excluding steroid dienone is 3. The van der Waals surface area contributed by atoms with E-state index in [1.54, 1.807) is 0 Å². The zero-order chi connectivity index (χ0) is 30.2. The van der Waals surface area contributed by atoms with E-state index in [1.165, 1.54) is 77.9 Å². The molecule has 0 N–H and O–H groups in total. The highest BCUT2D eigenvalue weighted by Gasteiger charge is 2.20. The first-order valence-electron chi connectivity index (χ1n) is 15.2. The third-order valence-electron chi connectivity index (χ3n) is 8.95. The Balaban J connectivity index is 1.45. The number of hydrogen-bond acceptors (Lipinski definition) is 0. The molecular formula is C41H40N2. The molecule has 0 amide bonds. The van der Waals surface area contributed by atoms with Crippen LogP contribution in [0.3, 0.4) is 0 Å². The highest BCUT2D eigenvalue weighted by molar-refractivity contribution is 5.90. The predicted molar refractivity (Wildman–Crippen MR) is 187 cm³/mol. The molecule has 6 rings (SSSR count). The zero-order valence-corrected chi connectivity index (χ0v) is 26.0. The molecule has 0 aliphatic rings. The van der Waals surface area contributed by atoms with E-state index in [4.69, 9.17) is 0 Å². The van der Waals surface area contributed by atoms with Crippen molar-refractivity contribution in [1.82, 2.24) is 9.13 Å². The Morgan fingerprint density at radius 2 is 1.21 bits per heavy atom. The van der Waals surface area contributed by atoms with Crippen LogP contribution in [0.1, 0.15) is 52.9 Å². The Labute approximate surface area is 255 Å². The van der Waals surface area contributed by atoms with Gasteiger partial charge >= 0.3 is 0 Å². The average Bonchev–Trinajstić information content (AvgIpc) is 3.47. The van der Waals surface area contributed by atoms with Crippen LogP contribution in [0.25, 0.3) is 50.4 Å². The molecule has 0 fully saturated rings. The summed E-state index contributed by atoms with van der Waals surface area (Å²) >= 11 is 0. The Morgan fingerprint density at radius 1 is 0.674 bits per heavy atom. The topological polar surface area (TPSA) is 9.86 Å². The maximum atomic E-state index is 4.02. The highest BCUT2D eigenvalue weighted by Crippen LogP contribution is 2.38. The maximum Gasteiger partial charge on any atom is 0.0537 e. The van der Waals surface area contributed by atoms with Crippen molar-refractivity contribution in [3.63, 3.8) is 0 Å². The van der Waals surface area contributed by atoms with Gasteiger partial charge < -0.3 is 9.13 Å². The molecule has 2 heterocycles. The third-order valence-corrected chi connectivity index (χ3v) is 8.95. The van der Waals surface area contributed by atoms with Crippen LogP contribution >= 0.6 is 0 Å². The van der Waals surface area contributed by atoms with Gasteiger partial charge in [0.15, 0.2) is 0 Å². The zero-order valence-electron chi connectivity index (χ0n) is 26.0. The van der Waals surface area contributed by atoms with Gasteiger partial charge in [0.05, 0.1) is 11.0 Å². The summed E-state index contributed by atoms with van der Waals surface area (Å²) in [6.45, 7) is 19.1. The number of hydrogen-bond donors (Lipinski definition) is 0. The van der Waals surface area contributed by atoms with Crippen LogP contribution in [0.15, 0.2) is 116 Å². The van der Waals surface area contributed by atoms with E-state index in [-0.39, 0.29) is 0 Å². The monoisotopic (exact) mass is 560 g/mol. The predicted octanol–water partition coefficient (Wildman–Crippen LogP) is 11.4. The largest absolute Gasteiger partial charge is 0.313 e. The molecule has 0 saturated carbocycles. The number of aromatic nitrogens is 2. The van der Waals surface area contributed by atoms with Crippen LogP contribution in [0.2, 0.25) is 0 Å². The standard InChI is InChI=1S/C41H40N2/c1-8-10-18-38-30(6)36-16-11-13-19-39(36)42(38)32-21-23-34(28(4)25-32)35-24-22-33(26-29(35)5)43-40-20-14-12-17-37(40)31(7)41(43)27(3)15-9-2/h8-14,16-27H,1-2,15H2,3-7H3/b18-10-. The second-order valence-electron chi connectivity index (χ2n) is 11.7. The van der Waals surface area contributed by atoms with Crippen LogP contribution in [0.4, 0.5) is 0 Å². The number of rotatable bonds is 8. The summed E-state index contributed by atoms with van der Waals surface area (Å²) in [6, 6.07) is 31.2. The lowest BCUT2D eigenvalue weighted by molar-refractivity contribution is 0.726. The van der Waals surface area contributed by atoms with Crippen LogP contribution in [0.5, 0.6) is 0 Å². The summed E-state index contributed by atoms with van der Waals surface area (Å²) in [6.07, 6.45) is 8.99. The minimum Gasteiger partial charge on any atom is -0.313 e. The summed E-state index contributed by atoms with van der Waals surface area (Å²) in [5, 5.41) is 2.59. The highest BCUT2D eigenvalue weighted by atomic mass is 15.0. The van der Waals surface area contributed by atoms with Crippen molar-refractivity contribution in [3.8, 4) is 22.5 Å². The first-order valence-corrected chi connectivity index (χ1v) is 15.2. The van der Waals surface area contributed by atoms with Gasteiger partial charge in [-0.25, -0.2) is 0 Å². The van der Waals surface area contributed by atoms with Gasteiger partial charge in [0.25, 0.3) is 0 Å². The minimum atomic E-state index is 0.374. The lowest BCUT2D eigenvalue weighted by atomic mass is 9.95. The Kier molecular flexibility index (Phi) is 7.54. The second-order valence-corrected chi connectivity index (χ2v) is 11.7. The van der Waals surface area contributed by atoms with Crippen LogP contribution in [0, 0.1) is 27.7 Å². The number of aryl methyl sites for hydroxylation is 4. The molecule has 0 radical (unpaired) electrons. The third kappa shape index (κ3) is 4.77. The van der Waals surface area contributed by atoms with Crippen molar-refractivity contribution in [3.05, 3.63) is 150 Å². The molecule has 2 nitrogen and oxygen atoms in total. The van der Waals surface area contributed by atoms with Crippen LogP contribution in [-0.4, -0.2) is 9.13 Å². The van der Waals surface area contributed by atoms with Gasteiger partial charge in [-0.1, -0.05) is 80.3 Å². The summed E-state index contributed by atoms with van der Waals surface area (Å²) in [5.74, 6) is 0.374. The Bertz CT molecular complexity index is 2040. The fourth-order valence-corrected chi connectivity index (χ4v) is 6.89. The molecule has 0 saturated heterocycles. The molecule has 4 aromatic carbocycles. The molecule has 1 atom stereocenters. The first-order chi connectivity index (χ1) is 20.8. The van der Waals surface area contributed by atoms with E-state index in [9.17, 15) is 0 Å². The molecular weight excluding hydrogens is 520 g/mol. The molecule has 214 valence electrons. The lowest BCUT2D eigenvalue weighted by Gasteiger charge is -2.19. The molecule has 0 spiro atoms. The van der Waals surface area contributed by atoms with Crippen molar-refractivity contribution in [2.45, 2.75) is 47.0 Å². The number of benzene rings is 4. The SMILES string of the molecule is C=C/C=C\c1c(C)c2ccccc2n1-c1ccc(-c2ccc(-n3c(C(C)CC=C)c(C)c4ccccc43)cc2C)c(C)c1. The van der Waals surface area contributed by atoms with Crippen LogP contribution in [-0.2, 0) is 0 Å². The van der Waals surface area contributed by atoms with Crippen molar-refractivity contribution >= 4 is 27.9 Å². The lowest BCUT2D eigenvalue weighted by Crippen LogP contribution is -2.05. The second kappa shape index (κ2) is 11.5. The van der Waals surface area contributed by atoms with E-state index in [0.717, 1.165) is 6.42 Å². The molecule has 2 heteroatoms. The van der Waals surface area contributed by atoms with E-state index >= 15 is 0 Å². The number of nitrogens with zero attached hydrogens (tertiary/aromatic N) is 2. The molecule has 0 aliphatic heterocycles. The molecule has 43 heavy (non-hydrogen) atoms. The number of para-hydroxylation sites is 2. The quantitative estimate of drug-likeness (QED) is 0.129. The van der Waals surface area contributed by atoms with Gasteiger partial charge in [0.1, 0.15) is 0 Å². The minimum absolute atomic E-state index is 0.374. The fourth-order valence-electron chi connectivity index (χ4n) is 6.89. The molecule has 2 aromatic heterocycles. The van der Waals surface area contributed by atoms with Gasteiger partial charge in [-0.2, -0.15) is 0 Å². The van der Waals surface area contributed by atoms with Crippen molar-refractivity contribution in [1.29, 1.82) is 0 Å². The van der Waals surface area contributed by atoms with Crippen molar-refractivity contribution in [2.75, 3.05) is 0 Å². The average molecular weight is 561 g/mol. The Morgan fingerprint density at radius 3 is 1.77 bits per heavy atom. The van der Waals surface area contributed by atoms with Gasteiger partial charge in [-0.05, 0) is 110 Å². The van der Waals surface area contributed by atoms with E-state index < -0.39 is 0 Å². The van der Waals surface area contributed by atoms with Crippen molar-refractivity contribution in [2.24, 2.45) is 0 Å². The van der Waals surface area contributed by atoms with Gasteiger partial charge in [0, 0.05) is 39.5 Å². The van der Waals surface area contributed by atoms with Crippen LogP contribution < -0.4 is 0 Å². The fraction of sp³-hybridized carbons (Fsp3) is 0.171. The number of fused-ring (bicyclic) bond motifs is 2.